The molecule has 0 saturated heterocycles. The molecular weight excluding hydrogens is 575 g/mol. The predicted molar refractivity (Wildman–Crippen MR) is 201 cm³/mol. The third kappa shape index (κ3) is 3.65. The fourth-order valence-electron chi connectivity index (χ4n) is 7.67. The molecule has 9 aromatic rings. The quantitative estimate of drug-likeness (QED) is 0.199. The van der Waals surface area contributed by atoms with Gasteiger partial charge in [0.2, 0.25) is 0 Å². The van der Waals surface area contributed by atoms with Crippen LogP contribution in [0.3, 0.4) is 0 Å². The molecule has 0 saturated carbocycles. The number of nitrogens with one attached hydrogen (secondary N) is 1. The van der Waals surface area contributed by atoms with E-state index in [9.17, 15) is 0 Å². The summed E-state index contributed by atoms with van der Waals surface area (Å²) in [6.45, 7) is 4.41. The third-order valence-electron chi connectivity index (χ3n) is 9.77. The minimum Gasteiger partial charge on any atom is -0.355 e. The second kappa shape index (κ2) is 9.59. The lowest BCUT2D eigenvalue weighted by Gasteiger charge is -2.25. The Bertz CT molecular complexity index is 2710. The summed E-state index contributed by atoms with van der Waals surface area (Å²) in [6.07, 6.45) is 0. The van der Waals surface area contributed by atoms with Gasteiger partial charge < -0.3 is 9.88 Å². The molecule has 1 radical (unpaired) electrons. The van der Waals surface area contributed by atoms with Crippen molar-refractivity contribution in [3.8, 4) is 16.8 Å². The van der Waals surface area contributed by atoms with Crippen LogP contribution in [0.4, 0.5) is 11.4 Å². The van der Waals surface area contributed by atoms with Crippen molar-refractivity contribution in [2.24, 2.45) is 0 Å². The SMILES string of the molecule is Cc1ccc(Nc2ccccc2-c2cc(C)c3c4ccc5ccccc5c4n4c3c2[B]c2cc3sc5ccccc5c3cc2-4)cc1. The topological polar surface area (TPSA) is 17.0 Å². The van der Waals surface area contributed by atoms with Crippen LogP contribution in [-0.4, -0.2) is 11.8 Å². The van der Waals surface area contributed by atoms with Crippen molar-refractivity contribution in [3.63, 3.8) is 0 Å². The molecule has 1 aliphatic rings. The fourth-order valence-corrected chi connectivity index (χ4v) is 8.80. The molecule has 2 nitrogen and oxygen atoms in total. The fraction of sp³-hybridized carbons (Fsp3) is 0.0476. The summed E-state index contributed by atoms with van der Waals surface area (Å²) in [4.78, 5) is 0. The largest absolute Gasteiger partial charge is 0.355 e. The molecule has 1 N–H and O–H groups in total. The maximum absolute atomic E-state index is 3.74. The number of rotatable bonds is 3. The number of aryl methyl sites for hydroxylation is 2. The van der Waals surface area contributed by atoms with Crippen LogP contribution in [0.2, 0.25) is 0 Å². The lowest BCUT2D eigenvalue weighted by Crippen LogP contribution is -2.37. The average molecular weight is 604 g/mol. The van der Waals surface area contributed by atoms with E-state index >= 15 is 0 Å². The van der Waals surface area contributed by atoms with Gasteiger partial charge in [0, 0.05) is 64.5 Å². The van der Waals surface area contributed by atoms with E-state index in [0.717, 1.165) is 11.4 Å². The maximum atomic E-state index is 3.74. The number of benzene rings is 7. The number of fused-ring (bicyclic) bond motifs is 10. The molecule has 4 heteroatoms. The van der Waals surface area contributed by atoms with Gasteiger partial charge in [0.05, 0.1) is 5.52 Å². The minimum atomic E-state index is 1.09. The first kappa shape index (κ1) is 26.0. The zero-order valence-electron chi connectivity index (χ0n) is 25.6. The van der Waals surface area contributed by atoms with E-state index in [4.69, 9.17) is 0 Å². The number of hydrogen-bond donors (Lipinski definition) is 1. The standard InChI is InChI=1S/C42H28BN2S/c1-24-15-18-27(19-16-24)44-35-13-7-5-11-29(35)33-21-25(2)39-31-20-17-26-9-3-4-10-28(26)41(31)45-36-22-32-30-12-6-8-14-37(30)46-38(32)23-34(36)43-40(33)42(39)45/h3-23,44H,1-2H3. The number of para-hydroxylation sites is 1. The van der Waals surface area contributed by atoms with Crippen LogP contribution in [0.1, 0.15) is 11.1 Å². The van der Waals surface area contributed by atoms with Crippen LogP contribution in [0.5, 0.6) is 0 Å². The van der Waals surface area contributed by atoms with E-state index in [2.05, 4.69) is 158 Å². The normalized spacial score (nSPS) is 12.3. The van der Waals surface area contributed by atoms with E-state index in [1.807, 2.05) is 11.3 Å². The second-order valence-corrected chi connectivity index (χ2v) is 13.7. The van der Waals surface area contributed by atoms with Crippen LogP contribution in [0.25, 0.3) is 69.6 Å². The van der Waals surface area contributed by atoms with Crippen LogP contribution in [0.15, 0.2) is 127 Å². The number of aromatic nitrogens is 1. The summed E-state index contributed by atoms with van der Waals surface area (Å²) in [7, 11) is 2.44. The number of nitrogens with zero attached hydrogens (tertiary/aromatic N) is 1. The third-order valence-corrected chi connectivity index (χ3v) is 10.9. The van der Waals surface area contributed by atoms with Crippen molar-refractivity contribution < 1.29 is 0 Å². The van der Waals surface area contributed by atoms with Gasteiger partial charge in [0.1, 0.15) is 0 Å². The van der Waals surface area contributed by atoms with E-state index < -0.39 is 0 Å². The molecule has 2 aromatic heterocycles. The molecule has 10 rings (SSSR count). The van der Waals surface area contributed by atoms with Crippen LogP contribution in [0, 0.1) is 13.8 Å². The molecule has 0 atom stereocenters. The Kier molecular flexibility index (Phi) is 5.41. The first-order valence-corrected chi connectivity index (χ1v) is 16.7. The molecule has 1 aliphatic heterocycles. The van der Waals surface area contributed by atoms with Crippen molar-refractivity contribution in [1.82, 2.24) is 4.57 Å². The summed E-state index contributed by atoms with van der Waals surface area (Å²) in [5.41, 5.74) is 13.5. The highest BCUT2D eigenvalue weighted by atomic mass is 32.1. The van der Waals surface area contributed by atoms with Crippen LogP contribution >= 0.6 is 11.3 Å². The molecule has 0 bridgehead atoms. The molecule has 0 fully saturated rings. The molecule has 215 valence electrons. The van der Waals surface area contributed by atoms with Gasteiger partial charge in [-0.25, -0.2) is 0 Å². The van der Waals surface area contributed by atoms with Crippen molar-refractivity contribution in [2.45, 2.75) is 13.8 Å². The lowest BCUT2D eigenvalue weighted by atomic mass is 9.58. The zero-order chi connectivity index (χ0) is 30.5. The Morgan fingerprint density at radius 1 is 0.609 bits per heavy atom. The first-order valence-electron chi connectivity index (χ1n) is 15.9. The molecule has 46 heavy (non-hydrogen) atoms. The zero-order valence-corrected chi connectivity index (χ0v) is 26.4. The van der Waals surface area contributed by atoms with Gasteiger partial charge in [0.15, 0.2) is 7.28 Å². The highest BCUT2D eigenvalue weighted by molar-refractivity contribution is 7.25. The van der Waals surface area contributed by atoms with Gasteiger partial charge in [-0.3, -0.25) is 0 Å². The van der Waals surface area contributed by atoms with Gasteiger partial charge in [0.25, 0.3) is 0 Å². The first-order chi connectivity index (χ1) is 22.6. The molecule has 0 spiro atoms. The smallest absolute Gasteiger partial charge is 0.197 e. The Morgan fingerprint density at radius 3 is 2.28 bits per heavy atom. The second-order valence-electron chi connectivity index (χ2n) is 12.6. The van der Waals surface area contributed by atoms with Gasteiger partial charge in [-0.1, -0.05) is 102 Å². The van der Waals surface area contributed by atoms with Crippen LogP contribution in [-0.2, 0) is 0 Å². The van der Waals surface area contributed by atoms with E-state index in [1.54, 1.807) is 0 Å². The molecule has 0 unspecified atom stereocenters. The Morgan fingerprint density at radius 2 is 1.39 bits per heavy atom. The van der Waals surface area contributed by atoms with Crippen molar-refractivity contribution in [3.05, 3.63) is 139 Å². The Labute approximate surface area is 271 Å². The molecule has 7 aromatic carbocycles. The van der Waals surface area contributed by atoms with E-state index in [-0.39, 0.29) is 0 Å². The minimum absolute atomic E-state index is 1.09. The molecule has 3 heterocycles. The van der Waals surface area contributed by atoms with Gasteiger partial charge in [-0.05, 0) is 72.2 Å². The number of hydrogen-bond acceptors (Lipinski definition) is 2. The monoisotopic (exact) mass is 603 g/mol. The predicted octanol–water partition coefficient (Wildman–Crippen LogP) is 10.3. The Hall–Kier alpha value is -5.32. The summed E-state index contributed by atoms with van der Waals surface area (Å²) in [5, 5.41) is 11.6. The van der Waals surface area contributed by atoms with Crippen molar-refractivity contribution >= 4 is 93.7 Å². The van der Waals surface area contributed by atoms with Gasteiger partial charge in [-0.2, -0.15) is 0 Å². The highest BCUT2D eigenvalue weighted by Gasteiger charge is 2.29. The van der Waals surface area contributed by atoms with Gasteiger partial charge >= 0.3 is 0 Å². The van der Waals surface area contributed by atoms with E-state index in [1.165, 1.54) is 91.6 Å². The van der Waals surface area contributed by atoms with Gasteiger partial charge in [-0.15, -0.1) is 11.3 Å². The van der Waals surface area contributed by atoms with E-state index in [0.29, 0.717) is 0 Å². The Balaban J connectivity index is 1.33. The summed E-state index contributed by atoms with van der Waals surface area (Å²) in [6, 6.07) is 46.9. The number of anilines is 2. The number of thiophene rings is 1. The maximum Gasteiger partial charge on any atom is 0.197 e. The lowest BCUT2D eigenvalue weighted by molar-refractivity contribution is 1.20. The molecule has 0 aliphatic carbocycles. The van der Waals surface area contributed by atoms with Crippen LogP contribution < -0.4 is 16.2 Å². The van der Waals surface area contributed by atoms with Crippen molar-refractivity contribution in [2.75, 3.05) is 5.32 Å². The average Bonchev–Trinajstić information content (AvgIpc) is 3.63. The summed E-state index contributed by atoms with van der Waals surface area (Å²) < 4.78 is 5.24. The molecular formula is C42H28BN2S. The highest BCUT2D eigenvalue weighted by Crippen LogP contribution is 2.43. The summed E-state index contributed by atoms with van der Waals surface area (Å²) in [5.74, 6) is 0. The summed E-state index contributed by atoms with van der Waals surface area (Å²) >= 11 is 1.88. The molecule has 0 amide bonds. The van der Waals surface area contributed by atoms with Crippen molar-refractivity contribution in [1.29, 1.82) is 0 Å².